The highest BCUT2D eigenvalue weighted by atomic mass is 32.2. The summed E-state index contributed by atoms with van der Waals surface area (Å²) in [6.07, 6.45) is 0. The summed E-state index contributed by atoms with van der Waals surface area (Å²) < 4.78 is 19.6. The van der Waals surface area contributed by atoms with Gasteiger partial charge in [0.05, 0.1) is 5.25 Å². The van der Waals surface area contributed by atoms with E-state index >= 15 is 0 Å². The maximum absolute atomic E-state index is 12.8. The molecule has 2 N–H and O–H groups in total. The Bertz CT molecular complexity index is 674. The molecule has 1 atom stereocenters. The summed E-state index contributed by atoms with van der Waals surface area (Å²) in [6, 6.07) is 5.64. The van der Waals surface area contributed by atoms with Crippen molar-refractivity contribution in [3.63, 3.8) is 0 Å². The lowest BCUT2D eigenvalue weighted by atomic mass is 10.3. The van der Waals surface area contributed by atoms with Gasteiger partial charge in [0.15, 0.2) is 5.82 Å². The van der Waals surface area contributed by atoms with Crippen molar-refractivity contribution in [3.05, 3.63) is 35.9 Å². The molecule has 0 saturated heterocycles. The highest BCUT2D eigenvalue weighted by Crippen LogP contribution is 2.22. The Labute approximate surface area is 137 Å². The van der Waals surface area contributed by atoms with Gasteiger partial charge < -0.3 is 15.5 Å². The number of benzene rings is 1. The van der Waals surface area contributed by atoms with Crippen molar-refractivity contribution >= 4 is 17.7 Å². The average Bonchev–Trinajstić information content (AvgIpc) is 2.86. The second kappa shape index (κ2) is 7.32. The van der Waals surface area contributed by atoms with Crippen LogP contribution in [0.5, 0.6) is 5.75 Å². The average molecular weight is 339 g/mol. The van der Waals surface area contributed by atoms with Crippen LogP contribution in [-0.2, 0) is 11.4 Å². The quantitative estimate of drug-likeness (QED) is 0.630. The molecule has 1 aromatic heterocycles. The number of aromatic nitrogens is 3. The number of rotatable bonds is 6. The number of nitrogen functional groups attached to an aromatic ring is 1. The van der Waals surface area contributed by atoms with Crippen LogP contribution in [0.15, 0.2) is 29.4 Å². The van der Waals surface area contributed by atoms with Crippen LogP contribution in [0.4, 0.5) is 4.39 Å². The van der Waals surface area contributed by atoms with Crippen LogP contribution in [0.1, 0.15) is 12.7 Å². The third-order valence-electron chi connectivity index (χ3n) is 2.99. The van der Waals surface area contributed by atoms with Gasteiger partial charge in [-0.25, -0.2) is 9.07 Å². The molecular formula is C14H18FN5O2S. The molecule has 2 rings (SSSR count). The topological polar surface area (TPSA) is 86.3 Å². The van der Waals surface area contributed by atoms with E-state index in [1.54, 1.807) is 21.0 Å². The molecule has 2 aromatic rings. The predicted molar refractivity (Wildman–Crippen MR) is 84.9 cm³/mol. The maximum Gasteiger partial charge on any atom is 0.235 e. The van der Waals surface area contributed by atoms with Crippen LogP contribution < -0.4 is 10.6 Å². The number of ether oxygens (including phenoxy) is 1. The van der Waals surface area contributed by atoms with Crippen LogP contribution in [0, 0.1) is 5.82 Å². The molecule has 0 radical (unpaired) electrons. The first-order valence-electron chi connectivity index (χ1n) is 6.84. The SMILES string of the molecule is CC(Sc1nnc(COc2ccc(F)cc2)n1N)C(=O)N(C)C. The van der Waals surface area contributed by atoms with E-state index in [9.17, 15) is 9.18 Å². The zero-order valence-electron chi connectivity index (χ0n) is 13.1. The summed E-state index contributed by atoms with van der Waals surface area (Å²) in [5, 5.41) is 8.00. The second-order valence-electron chi connectivity index (χ2n) is 5.00. The van der Waals surface area contributed by atoms with Gasteiger partial charge >= 0.3 is 0 Å². The number of nitrogens with zero attached hydrogens (tertiary/aromatic N) is 4. The van der Waals surface area contributed by atoms with Crippen molar-refractivity contribution in [1.29, 1.82) is 0 Å². The molecule has 1 aromatic carbocycles. The number of carbonyl (C=O) groups excluding carboxylic acids is 1. The molecule has 0 spiro atoms. The van der Waals surface area contributed by atoms with Crippen molar-refractivity contribution in [2.75, 3.05) is 19.9 Å². The fourth-order valence-corrected chi connectivity index (χ4v) is 2.67. The monoisotopic (exact) mass is 339 g/mol. The number of hydrogen-bond acceptors (Lipinski definition) is 6. The van der Waals surface area contributed by atoms with Gasteiger partial charge in [-0.15, -0.1) is 10.2 Å². The number of amides is 1. The molecule has 0 aliphatic heterocycles. The third-order valence-corrected chi connectivity index (χ3v) is 4.03. The van der Waals surface area contributed by atoms with Gasteiger partial charge in [0.1, 0.15) is 18.2 Å². The van der Waals surface area contributed by atoms with Gasteiger partial charge in [0, 0.05) is 14.1 Å². The molecule has 0 bridgehead atoms. The molecule has 1 unspecified atom stereocenters. The predicted octanol–water partition coefficient (Wildman–Crippen LogP) is 1.28. The molecule has 9 heteroatoms. The van der Waals surface area contributed by atoms with Gasteiger partial charge in [-0.2, -0.15) is 0 Å². The second-order valence-corrected chi connectivity index (χ2v) is 6.31. The molecule has 1 heterocycles. The van der Waals surface area contributed by atoms with Crippen LogP contribution >= 0.6 is 11.8 Å². The Morgan fingerprint density at radius 2 is 2.04 bits per heavy atom. The highest BCUT2D eigenvalue weighted by Gasteiger charge is 2.20. The van der Waals surface area contributed by atoms with Gasteiger partial charge in [-0.05, 0) is 31.2 Å². The summed E-state index contributed by atoms with van der Waals surface area (Å²) in [5.74, 6) is 6.45. The van der Waals surface area contributed by atoms with E-state index in [4.69, 9.17) is 10.6 Å². The van der Waals surface area contributed by atoms with Crippen LogP contribution in [0.2, 0.25) is 0 Å². The smallest absolute Gasteiger partial charge is 0.235 e. The summed E-state index contributed by atoms with van der Waals surface area (Å²) in [7, 11) is 3.38. The van der Waals surface area contributed by atoms with Crippen molar-refractivity contribution in [2.45, 2.75) is 23.9 Å². The summed E-state index contributed by atoms with van der Waals surface area (Å²) in [6.45, 7) is 1.86. The molecule has 124 valence electrons. The molecule has 1 amide bonds. The highest BCUT2D eigenvalue weighted by molar-refractivity contribution is 8.00. The van der Waals surface area contributed by atoms with Crippen LogP contribution in [0.25, 0.3) is 0 Å². The van der Waals surface area contributed by atoms with Crippen molar-refractivity contribution in [2.24, 2.45) is 0 Å². The Hall–Kier alpha value is -2.29. The number of nitrogens with two attached hydrogens (primary N) is 1. The van der Waals surface area contributed by atoms with Crippen molar-refractivity contribution < 1.29 is 13.9 Å². The minimum Gasteiger partial charge on any atom is -0.486 e. The number of halogens is 1. The molecule has 0 saturated carbocycles. The fourth-order valence-electron chi connectivity index (χ4n) is 1.74. The number of thioether (sulfide) groups is 1. The van der Waals surface area contributed by atoms with Gasteiger partial charge in [0.25, 0.3) is 0 Å². The standard InChI is InChI=1S/C14H18FN5O2S/c1-9(13(21)19(2)3)23-14-18-17-12(20(14)16)8-22-11-6-4-10(15)5-7-11/h4-7,9H,8,16H2,1-3H3. The van der Waals surface area contributed by atoms with Gasteiger partial charge in [-0.1, -0.05) is 11.8 Å². The van der Waals surface area contributed by atoms with E-state index in [1.165, 1.54) is 45.6 Å². The zero-order valence-corrected chi connectivity index (χ0v) is 13.9. The minimum atomic E-state index is -0.336. The van der Waals surface area contributed by atoms with Crippen LogP contribution in [-0.4, -0.2) is 45.0 Å². The summed E-state index contributed by atoms with van der Waals surface area (Å²) in [4.78, 5) is 13.4. The largest absolute Gasteiger partial charge is 0.486 e. The van der Waals surface area contributed by atoms with E-state index in [2.05, 4.69) is 10.2 Å². The number of carbonyl (C=O) groups is 1. The third kappa shape index (κ3) is 4.35. The fraction of sp³-hybridized carbons (Fsp3) is 0.357. The summed E-state index contributed by atoms with van der Waals surface area (Å²) in [5.41, 5.74) is 0. The Morgan fingerprint density at radius 1 is 1.39 bits per heavy atom. The molecular weight excluding hydrogens is 321 g/mol. The Morgan fingerprint density at radius 3 is 2.65 bits per heavy atom. The van der Waals surface area contributed by atoms with E-state index in [0.717, 1.165) is 0 Å². The molecule has 0 fully saturated rings. The van der Waals surface area contributed by atoms with Gasteiger partial charge in [-0.3, -0.25) is 4.79 Å². The zero-order chi connectivity index (χ0) is 17.0. The Balaban J connectivity index is 1.98. The minimum absolute atomic E-state index is 0.0397. The van der Waals surface area contributed by atoms with E-state index in [0.29, 0.717) is 16.7 Å². The normalized spacial score (nSPS) is 12.0. The first-order chi connectivity index (χ1) is 10.9. The molecule has 0 aliphatic rings. The number of hydrogen-bond donors (Lipinski definition) is 1. The van der Waals surface area contributed by atoms with Crippen molar-refractivity contribution in [3.8, 4) is 5.75 Å². The first kappa shape index (κ1) is 17.1. The van der Waals surface area contributed by atoms with E-state index < -0.39 is 0 Å². The summed E-state index contributed by atoms with van der Waals surface area (Å²) >= 11 is 1.22. The van der Waals surface area contributed by atoms with E-state index in [1.807, 2.05) is 0 Å². The van der Waals surface area contributed by atoms with Crippen molar-refractivity contribution in [1.82, 2.24) is 19.8 Å². The lowest BCUT2D eigenvalue weighted by molar-refractivity contribution is -0.127. The first-order valence-corrected chi connectivity index (χ1v) is 7.72. The Kier molecular flexibility index (Phi) is 5.43. The van der Waals surface area contributed by atoms with E-state index in [-0.39, 0.29) is 23.6 Å². The molecule has 7 nitrogen and oxygen atoms in total. The van der Waals surface area contributed by atoms with Crippen LogP contribution in [0.3, 0.4) is 0 Å². The van der Waals surface area contributed by atoms with Gasteiger partial charge in [0.2, 0.25) is 11.1 Å². The molecule has 0 aliphatic carbocycles. The lowest BCUT2D eigenvalue weighted by Crippen LogP contribution is -2.30. The lowest BCUT2D eigenvalue weighted by Gasteiger charge is -2.15. The molecule has 23 heavy (non-hydrogen) atoms. The maximum atomic E-state index is 12.8.